The number of likely N-dealkylation sites (tertiary alicyclic amines) is 1. The van der Waals surface area contributed by atoms with Crippen molar-refractivity contribution in [3.63, 3.8) is 0 Å². The molecule has 1 atom stereocenters. The minimum Gasteiger partial charge on any atom is -0.315 e. The Kier molecular flexibility index (Phi) is 4.42. The van der Waals surface area contributed by atoms with Crippen molar-refractivity contribution >= 4 is 11.6 Å². The predicted octanol–water partition coefficient (Wildman–Crippen LogP) is 0.204. The first-order valence-electron chi connectivity index (χ1n) is 5.48. The van der Waals surface area contributed by atoms with E-state index in [4.69, 9.17) is 5.73 Å². The zero-order valence-corrected chi connectivity index (χ0v) is 9.53. The summed E-state index contributed by atoms with van der Waals surface area (Å²) in [5.74, 6) is 0.0871. The first-order valence-corrected chi connectivity index (χ1v) is 5.48. The molecular weight excluding hydrogens is 192 g/mol. The van der Waals surface area contributed by atoms with E-state index in [1.807, 2.05) is 0 Å². The average Bonchev–Trinajstić information content (AvgIpc) is 2.20. The number of ketones is 2. The summed E-state index contributed by atoms with van der Waals surface area (Å²) in [6.07, 6.45) is 2.54. The Bertz CT molecular complexity index is 245. The number of nitrogens with two attached hydrogens (primary N) is 1. The number of hydrogen-bond acceptors (Lipinski definition) is 4. The van der Waals surface area contributed by atoms with Crippen molar-refractivity contribution in [2.24, 2.45) is 11.7 Å². The Balaban J connectivity index is 2.35. The molecule has 0 saturated carbocycles. The first kappa shape index (κ1) is 12.3. The second kappa shape index (κ2) is 5.37. The molecule has 2 N–H and O–H groups in total. The second-order valence-electron chi connectivity index (χ2n) is 4.51. The van der Waals surface area contributed by atoms with Crippen LogP contribution < -0.4 is 5.73 Å². The lowest BCUT2D eigenvalue weighted by Gasteiger charge is -2.28. The van der Waals surface area contributed by atoms with Gasteiger partial charge in [0.1, 0.15) is 6.04 Å². The highest BCUT2D eigenvalue weighted by molar-refractivity contribution is 6.05. The number of Topliss-reactive ketones (excluding diaryl/α,β-unsaturated/α-hetero) is 2. The molecule has 1 rings (SSSR count). The van der Waals surface area contributed by atoms with Crippen LogP contribution in [0.15, 0.2) is 0 Å². The molecule has 1 unspecified atom stereocenters. The summed E-state index contributed by atoms with van der Waals surface area (Å²) in [4.78, 5) is 24.8. The van der Waals surface area contributed by atoms with Crippen molar-refractivity contribution in [3.8, 4) is 0 Å². The maximum Gasteiger partial charge on any atom is 0.157 e. The van der Waals surface area contributed by atoms with E-state index in [0.29, 0.717) is 12.3 Å². The minimum atomic E-state index is -0.898. The average molecular weight is 212 g/mol. The van der Waals surface area contributed by atoms with E-state index < -0.39 is 6.04 Å². The van der Waals surface area contributed by atoms with Crippen LogP contribution in [0.4, 0.5) is 0 Å². The Hall–Kier alpha value is -0.740. The molecule has 1 aliphatic heterocycles. The standard InChI is InChI=1S/C11H20N2O2/c1-8(14)11(12)10(15)7-9-3-5-13(2)6-4-9/h9,11H,3-7,12H2,1-2H3. The van der Waals surface area contributed by atoms with E-state index in [-0.39, 0.29) is 11.6 Å². The topological polar surface area (TPSA) is 63.4 Å². The fourth-order valence-corrected chi connectivity index (χ4v) is 1.90. The molecule has 0 spiro atoms. The third-order valence-electron chi connectivity index (χ3n) is 3.11. The van der Waals surface area contributed by atoms with Crippen LogP contribution in [0.5, 0.6) is 0 Å². The fraction of sp³-hybridized carbons (Fsp3) is 0.818. The van der Waals surface area contributed by atoms with E-state index in [0.717, 1.165) is 25.9 Å². The van der Waals surface area contributed by atoms with Crippen LogP contribution in [0.25, 0.3) is 0 Å². The molecule has 0 radical (unpaired) electrons. The Morgan fingerprint density at radius 1 is 1.40 bits per heavy atom. The Morgan fingerprint density at radius 2 is 1.93 bits per heavy atom. The van der Waals surface area contributed by atoms with Gasteiger partial charge in [-0.1, -0.05) is 0 Å². The third-order valence-corrected chi connectivity index (χ3v) is 3.11. The van der Waals surface area contributed by atoms with Gasteiger partial charge >= 0.3 is 0 Å². The van der Waals surface area contributed by atoms with Gasteiger partial charge in [0.25, 0.3) is 0 Å². The van der Waals surface area contributed by atoms with Crippen molar-refractivity contribution < 1.29 is 9.59 Å². The molecule has 0 bridgehead atoms. The summed E-state index contributed by atoms with van der Waals surface area (Å²) in [5.41, 5.74) is 5.49. The highest BCUT2D eigenvalue weighted by Crippen LogP contribution is 2.20. The maximum absolute atomic E-state index is 11.6. The van der Waals surface area contributed by atoms with Crippen molar-refractivity contribution in [2.75, 3.05) is 20.1 Å². The molecule has 1 saturated heterocycles. The summed E-state index contributed by atoms with van der Waals surface area (Å²) in [6, 6.07) is -0.898. The summed E-state index contributed by atoms with van der Waals surface area (Å²) in [5, 5.41) is 0. The number of carbonyl (C=O) groups excluding carboxylic acids is 2. The molecule has 4 heteroatoms. The fourth-order valence-electron chi connectivity index (χ4n) is 1.90. The van der Waals surface area contributed by atoms with Crippen LogP contribution in [0.2, 0.25) is 0 Å². The lowest BCUT2D eigenvalue weighted by Crippen LogP contribution is -2.39. The monoisotopic (exact) mass is 212 g/mol. The van der Waals surface area contributed by atoms with E-state index in [9.17, 15) is 9.59 Å². The van der Waals surface area contributed by atoms with Crippen LogP contribution in [0.3, 0.4) is 0 Å². The highest BCUT2D eigenvalue weighted by atomic mass is 16.2. The van der Waals surface area contributed by atoms with Gasteiger partial charge < -0.3 is 10.6 Å². The normalized spacial score (nSPS) is 21.3. The van der Waals surface area contributed by atoms with E-state index in [2.05, 4.69) is 11.9 Å². The molecule has 15 heavy (non-hydrogen) atoms. The lowest BCUT2D eigenvalue weighted by molar-refractivity contribution is -0.128. The molecule has 1 aliphatic rings. The van der Waals surface area contributed by atoms with Gasteiger partial charge in [0.15, 0.2) is 11.6 Å². The molecule has 1 heterocycles. The van der Waals surface area contributed by atoms with Crippen molar-refractivity contribution in [1.82, 2.24) is 4.90 Å². The Morgan fingerprint density at radius 3 is 2.40 bits per heavy atom. The SMILES string of the molecule is CC(=O)C(N)C(=O)CC1CCN(C)CC1. The summed E-state index contributed by atoms with van der Waals surface area (Å²) < 4.78 is 0. The van der Waals surface area contributed by atoms with E-state index in [1.54, 1.807) is 0 Å². The van der Waals surface area contributed by atoms with Crippen molar-refractivity contribution in [3.05, 3.63) is 0 Å². The first-order chi connectivity index (χ1) is 7.00. The van der Waals surface area contributed by atoms with Gasteiger partial charge in [-0.3, -0.25) is 9.59 Å². The van der Waals surface area contributed by atoms with Gasteiger partial charge in [-0.2, -0.15) is 0 Å². The van der Waals surface area contributed by atoms with Gasteiger partial charge in [-0.05, 0) is 45.8 Å². The maximum atomic E-state index is 11.6. The van der Waals surface area contributed by atoms with Gasteiger partial charge in [0.05, 0.1) is 0 Å². The van der Waals surface area contributed by atoms with E-state index in [1.165, 1.54) is 6.92 Å². The number of rotatable bonds is 4. The molecule has 0 aromatic rings. The summed E-state index contributed by atoms with van der Waals surface area (Å²) in [6.45, 7) is 3.44. The van der Waals surface area contributed by atoms with E-state index >= 15 is 0 Å². The minimum absolute atomic E-state index is 0.1000. The molecule has 0 aromatic carbocycles. The summed E-state index contributed by atoms with van der Waals surface area (Å²) >= 11 is 0. The predicted molar refractivity (Wildman–Crippen MR) is 58.5 cm³/mol. The molecular formula is C11H20N2O2. The quantitative estimate of drug-likeness (QED) is 0.676. The second-order valence-corrected chi connectivity index (χ2v) is 4.51. The van der Waals surface area contributed by atoms with Gasteiger partial charge in [0, 0.05) is 6.42 Å². The number of piperidine rings is 1. The molecule has 0 amide bonds. The van der Waals surface area contributed by atoms with Crippen LogP contribution in [0, 0.1) is 5.92 Å². The van der Waals surface area contributed by atoms with Crippen LogP contribution >= 0.6 is 0 Å². The number of nitrogens with zero attached hydrogens (tertiary/aromatic N) is 1. The van der Waals surface area contributed by atoms with Crippen LogP contribution in [-0.2, 0) is 9.59 Å². The van der Waals surface area contributed by atoms with Gasteiger partial charge in [-0.15, -0.1) is 0 Å². The molecule has 0 aromatic heterocycles. The molecule has 1 fully saturated rings. The third kappa shape index (κ3) is 3.72. The smallest absolute Gasteiger partial charge is 0.157 e. The number of carbonyl (C=O) groups is 2. The van der Waals surface area contributed by atoms with Gasteiger partial charge in [-0.25, -0.2) is 0 Å². The summed E-state index contributed by atoms with van der Waals surface area (Å²) in [7, 11) is 2.08. The van der Waals surface area contributed by atoms with Crippen LogP contribution in [-0.4, -0.2) is 42.6 Å². The number of hydrogen-bond donors (Lipinski definition) is 1. The van der Waals surface area contributed by atoms with Crippen molar-refractivity contribution in [2.45, 2.75) is 32.2 Å². The molecule has 0 aliphatic carbocycles. The lowest BCUT2D eigenvalue weighted by atomic mass is 9.89. The zero-order chi connectivity index (χ0) is 11.4. The highest BCUT2D eigenvalue weighted by Gasteiger charge is 2.24. The van der Waals surface area contributed by atoms with Gasteiger partial charge in [0.2, 0.25) is 0 Å². The van der Waals surface area contributed by atoms with Crippen LogP contribution in [0.1, 0.15) is 26.2 Å². The van der Waals surface area contributed by atoms with Crippen molar-refractivity contribution in [1.29, 1.82) is 0 Å². The molecule has 86 valence electrons. The largest absolute Gasteiger partial charge is 0.315 e. The zero-order valence-electron chi connectivity index (χ0n) is 9.53. The Labute approximate surface area is 90.8 Å². The molecule has 4 nitrogen and oxygen atoms in total.